The molecule has 1 aliphatic rings. The van der Waals surface area contributed by atoms with Crippen LogP contribution in [0.1, 0.15) is 0 Å². The molecule has 4 N–H and O–H groups in total. The first kappa shape index (κ1) is 18.4. The Hall–Kier alpha value is -3.62. The summed E-state index contributed by atoms with van der Waals surface area (Å²) in [6, 6.07) is 15.2. The van der Waals surface area contributed by atoms with Gasteiger partial charge in [-0.05, 0) is 36.4 Å². The van der Waals surface area contributed by atoms with Crippen molar-refractivity contribution in [1.29, 1.82) is 0 Å². The predicted octanol–water partition coefficient (Wildman–Crippen LogP) is 5.86. The monoisotopic (exact) mass is 436 g/mol. The van der Waals surface area contributed by atoms with E-state index in [0.717, 1.165) is 22.7 Å². The zero-order valence-corrected chi connectivity index (χ0v) is 16.8. The maximum Gasteiger partial charge on any atom is 0.229 e. The van der Waals surface area contributed by atoms with Gasteiger partial charge in [0.05, 0.1) is 12.4 Å². The fraction of sp³-hybridized carbons (Fsp3) is 0. The Labute approximate surface area is 181 Å². The van der Waals surface area contributed by atoms with E-state index >= 15 is 0 Å². The third-order valence-electron chi connectivity index (χ3n) is 4.25. The molecule has 0 radical (unpaired) electrons. The molecule has 1 aliphatic heterocycles. The number of benzene rings is 2. The van der Waals surface area contributed by atoms with E-state index in [1.54, 1.807) is 12.4 Å². The van der Waals surface area contributed by atoms with Crippen molar-refractivity contribution in [3.8, 4) is 0 Å². The second-order valence-corrected chi connectivity index (χ2v) is 7.26. The largest absolute Gasteiger partial charge is 0.339 e. The standard InChI is InChI=1S/C20H14Cl2N8/c21-15-9-24-20-28-14-6-2-4-12(8-14)26-18-16(22)10-23-19(30-18)27-13-5-1-3-11(7-13)25-17(15)29-20/h1-10H,(H2,24,25,28,29)(H2,23,26,27,30). The summed E-state index contributed by atoms with van der Waals surface area (Å²) in [5.41, 5.74) is 3.14. The number of aromatic nitrogens is 4. The Bertz CT molecular complexity index is 1150. The number of hydrogen-bond acceptors (Lipinski definition) is 8. The van der Waals surface area contributed by atoms with Crippen LogP contribution >= 0.6 is 23.2 Å². The van der Waals surface area contributed by atoms with Crippen molar-refractivity contribution in [2.75, 3.05) is 21.3 Å². The van der Waals surface area contributed by atoms with Gasteiger partial charge in [-0.3, -0.25) is 0 Å². The van der Waals surface area contributed by atoms with Gasteiger partial charge in [0.1, 0.15) is 10.0 Å². The van der Waals surface area contributed by atoms with Gasteiger partial charge in [0, 0.05) is 22.7 Å². The lowest BCUT2D eigenvalue weighted by Crippen LogP contribution is -2.04. The highest BCUT2D eigenvalue weighted by Crippen LogP contribution is 2.30. The molecule has 148 valence electrons. The molecule has 30 heavy (non-hydrogen) atoms. The van der Waals surface area contributed by atoms with Gasteiger partial charge in [-0.15, -0.1) is 0 Å². The molecule has 0 aliphatic carbocycles. The molecular formula is C20H14Cl2N8. The molecule has 0 saturated heterocycles. The highest BCUT2D eigenvalue weighted by Gasteiger charge is 2.11. The van der Waals surface area contributed by atoms with E-state index in [9.17, 15) is 0 Å². The maximum absolute atomic E-state index is 6.29. The summed E-state index contributed by atoms with van der Waals surface area (Å²) in [5, 5.41) is 13.6. The molecule has 2 aromatic heterocycles. The predicted molar refractivity (Wildman–Crippen MR) is 120 cm³/mol. The van der Waals surface area contributed by atoms with Gasteiger partial charge in [0.25, 0.3) is 0 Å². The SMILES string of the molecule is Clc1cnc2nc1Nc1cccc(c1)Nc1ncc(Cl)c(n1)Nc1cccc(c1)N2. The summed E-state index contributed by atoms with van der Waals surface area (Å²) in [7, 11) is 0. The molecule has 3 heterocycles. The van der Waals surface area contributed by atoms with E-state index in [1.807, 2.05) is 48.5 Å². The number of anilines is 8. The zero-order valence-electron chi connectivity index (χ0n) is 15.3. The minimum absolute atomic E-state index is 0.404. The van der Waals surface area contributed by atoms with Crippen molar-refractivity contribution in [2.24, 2.45) is 0 Å². The lowest BCUT2D eigenvalue weighted by molar-refractivity contribution is 1.16. The van der Waals surface area contributed by atoms with Gasteiger partial charge < -0.3 is 21.3 Å². The molecule has 0 fully saturated rings. The fourth-order valence-electron chi connectivity index (χ4n) is 2.91. The van der Waals surface area contributed by atoms with Crippen LogP contribution < -0.4 is 21.3 Å². The van der Waals surface area contributed by atoms with Crippen LogP contribution in [0.15, 0.2) is 60.9 Å². The Balaban J connectivity index is 1.63. The quantitative estimate of drug-likeness (QED) is 0.239. The number of hydrogen-bond donors (Lipinski definition) is 4. The Morgan fingerprint density at radius 2 is 0.967 bits per heavy atom. The molecule has 0 amide bonds. The molecule has 4 aromatic rings. The van der Waals surface area contributed by atoms with Gasteiger partial charge in [-0.25, -0.2) is 9.97 Å². The van der Waals surface area contributed by atoms with Gasteiger partial charge in [-0.1, -0.05) is 35.3 Å². The van der Waals surface area contributed by atoms with Crippen LogP contribution in [0.4, 0.5) is 46.3 Å². The Morgan fingerprint density at radius 3 is 1.40 bits per heavy atom. The van der Waals surface area contributed by atoms with Crippen LogP contribution in [0.2, 0.25) is 10.0 Å². The van der Waals surface area contributed by atoms with Crippen molar-refractivity contribution in [2.45, 2.75) is 0 Å². The third kappa shape index (κ3) is 3.91. The summed E-state index contributed by atoms with van der Waals surface area (Å²) in [5.74, 6) is 1.78. The highest BCUT2D eigenvalue weighted by molar-refractivity contribution is 6.33. The summed E-state index contributed by atoms with van der Waals surface area (Å²) in [6.07, 6.45) is 3.09. The fourth-order valence-corrected chi connectivity index (χ4v) is 3.19. The van der Waals surface area contributed by atoms with Crippen LogP contribution in [0.5, 0.6) is 0 Å². The maximum atomic E-state index is 6.29. The normalized spacial score (nSPS) is 12.1. The summed E-state index contributed by atoms with van der Waals surface area (Å²) in [4.78, 5) is 17.5. The summed E-state index contributed by atoms with van der Waals surface area (Å²) >= 11 is 12.6. The number of fused-ring (bicyclic) bond motifs is 8. The zero-order chi connectivity index (χ0) is 20.5. The van der Waals surface area contributed by atoms with Gasteiger partial charge >= 0.3 is 0 Å². The van der Waals surface area contributed by atoms with E-state index < -0.39 is 0 Å². The van der Waals surface area contributed by atoms with E-state index in [2.05, 4.69) is 41.2 Å². The van der Waals surface area contributed by atoms with Crippen molar-refractivity contribution in [3.05, 3.63) is 71.0 Å². The highest BCUT2D eigenvalue weighted by atomic mass is 35.5. The second kappa shape index (κ2) is 7.66. The molecule has 0 atom stereocenters. The Kier molecular flexibility index (Phi) is 4.70. The molecule has 8 nitrogen and oxygen atoms in total. The number of nitrogens with zero attached hydrogens (tertiary/aromatic N) is 4. The van der Waals surface area contributed by atoms with Crippen LogP contribution in [0.3, 0.4) is 0 Å². The van der Waals surface area contributed by atoms with Crippen LogP contribution in [0, 0.1) is 0 Å². The minimum atomic E-state index is 0.404. The number of halogens is 2. The molecule has 2 aromatic carbocycles. The lowest BCUT2D eigenvalue weighted by atomic mass is 10.2. The van der Waals surface area contributed by atoms with Crippen molar-refractivity contribution >= 4 is 69.5 Å². The van der Waals surface area contributed by atoms with E-state index in [0.29, 0.717) is 33.6 Å². The van der Waals surface area contributed by atoms with E-state index in [4.69, 9.17) is 23.2 Å². The smallest absolute Gasteiger partial charge is 0.229 e. The third-order valence-corrected chi connectivity index (χ3v) is 4.80. The molecule has 5 rings (SSSR count). The molecule has 8 bridgehead atoms. The minimum Gasteiger partial charge on any atom is -0.339 e. The van der Waals surface area contributed by atoms with Crippen LogP contribution in [0.25, 0.3) is 0 Å². The molecule has 10 heteroatoms. The van der Waals surface area contributed by atoms with Crippen LogP contribution in [-0.4, -0.2) is 19.9 Å². The molecular weight excluding hydrogens is 423 g/mol. The molecule has 0 saturated carbocycles. The second-order valence-electron chi connectivity index (χ2n) is 6.44. The first-order chi connectivity index (χ1) is 14.6. The van der Waals surface area contributed by atoms with Crippen molar-refractivity contribution in [1.82, 2.24) is 19.9 Å². The van der Waals surface area contributed by atoms with E-state index in [-0.39, 0.29) is 0 Å². The first-order valence-electron chi connectivity index (χ1n) is 8.96. The number of nitrogens with one attached hydrogen (secondary N) is 4. The molecule has 0 unspecified atom stereocenters. The van der Waals surface area contributed by atoms with Crippen LogP contribution in [-0.2, 0) is 0 Å². The average molecular weight is 437 g/mol. The van der Waals surface area contributed by atoms with Crippen molar-refractivity contribution in [3.63, 3.8) is 0 Å². The average Bonchev–Trinajstić information content (AvgIpc) is 2.73. The number of rotatable bonds is 0. The van der Waals surface area contributed by atoms with E-state index in [1.165, 1.54) is 0 Å². The summed E-state index contributed by atoms with van der Waals surface area (Å²) < 4.78 is 0. The van der Waals surface area contributed by atoms with Gasteiger partial charge in [0.2, 0.25) is 11.9 Å². The van der Waals surface area contributed by atoms with Gasteiger partial charge in [0.15, 0.2) is 11.6 Å². The lowest BCUT2D eigenvalue weighted by Gasteiger charge is -2.14. The van der Waals surface area contributed by atoms with Crippen molar-refractivity contribution < 1.29 is 0 Å². The topological polar surface area (TPSA) is 99.7 Å². The summed E-state index contributed by atoms with van der Waals surface area (Å²) in [6.45, 7) is 0. The molecule has 0 spiro atoms. The van der Waals surface area contributed by atoms with Gasteiger partial charge in [-0.2, -0.15) is 9.97 Å². The Morgan fingerprint density at radius 1 is 0.567 bits per heavy atom. The first-order valence-corrected chi connectivity index (χ1v) is 9.71.